The first kappa shape index (κ1) is 11.8. The highest BCUT2D eigenvalue weighted by atomic mass is 19.4. The Hall–Kier alpha value is -1.25. The van der Waals surface area contributed by atoms with Crippen LogP contribution in [0.3, 0.4) is 0 Å². The first-order chi connectivity index (χ1) is 6.79. The summed E-state index contributed by atoms with van der Waals surface area (Å²) in [6.45, 7) is 0.482. The van der Waals surface area contributed by atoms with Gasteiger partial charge in [0.1, 0.15) is 12.0 Å². The maximum absolute atomic E-state index is 11.8. The molecule has 1 rings (SSSR count). The predicted molar refractivity (Wildman–Crippen MR) is 45.5 cm³/mol. The summed E-state index contributed by atoms with van der Waals surface area (Å²) in [4.78, 5) is 11.3. The van der Waals surface area contributed by atoms with Crippen LogP contribution in [0.15, 0.2) is 0 Å². The van der Waals surface area contributed by atoms with Crippen molar-refractivity contribution in [2.45, 2.75) is 25.9 Å². The van der Waals surface area contributed by atoms with E-state index in [0.717, 1.165) is 0 Å². The number of rotatable bonds is 2. The molecular formula is C9H11F3N2O. The van der Waals surface area contributed by atoms with E-state index in [-0.39, 0.29) is 5.92 Å². The fourth-order valence-corrected chi connectivity index (χ4v) is 1.81. The first-order valence-electron chi connectivity index (χ1n) is 4.55. The van der Waals surface area contributed by atoms with E-state index in [4.69, 9.17) is 5.26 Å². The first-order valence-corrected chi connectivity index (χ1v) is 4.55. The zero-order valence-electron chi connectivity index (χ0n) is 8.19. The van der Waals surface area contributed by atoms with Crippen LogP contribution in [0.4, 0.5) is 13.2 Å². The SMILES string of the molecule is CC1CC(C#N)(C(=O)NCC(F)(F)F)C1. The average Bonchev–Trinajstić information content (AvgIpc) is 2.07. The van der Waals surface area contributed by atoms with Gasteiger partial charge in [-0.25, -0.2) is 0 Å². The van der Waals surface area contributed by atoms with Crippen molar-refractivity contribution in [2.75, 3.05) is 6.54 Å². The normalized spacial score (nSPS) is 30.2. The van der Waals surface area contributed by atoms with Gasteiger partial charge in [0.15, 0.2) is 0 Å². The number of hydrogen-bond acceptors (Lipinski definition) is 2. The zero-order valence-corrected chi connectivity index (χ0v) is 8.19. The second-order valence-electron chi connectivity index (χ2n) is 4.01. The van der Waals surface area contributed by atoms with Crippen molar-refractivity contribution >= 4 is 5.91 Å². The van der Waals surface area contributed by atoms with Crippen LogP contribution in [-0.4, -0.2) is 18.6 Å². The molecule has 0 aromatic rings. The number of nitrogens with one attached hydrogen (secondary N) is 1. The second kappa shape index (κ2) is 3.72. The minimum absolute atomic E-state index is 0.223. The monoisotopic (exact) mass is 220 g/mol. The van der Waals surface area contributed by atoms with Crippen molar-refractivity contribution in [3.8, 4) is 6.07 Å². The molecule has 0 unspecified atom stereocenters. The quantitative estimate of drug-likeness (QED) is 0.768. The van der Waals surface area contributed by atoms with E-state index in [1.165, 1.54) is 0 Å². The third kappa shape index (κ3) is 2.61. The summed E-state index contributed by atoms with van der Waals surface area (Å²) in [5.74, 6) is -0.582. The summed E-state index contributed by atoms with van der Waals surface area (Å²) in [6, 6.07) is 1.80. The molecule has 1 aliphatic carbocycles. The van der Waals surface area contributed by atoms with E-state index < -0.39 is 24.0 Å². The van der Waals surface area contributed by atoms with Crippen molar-refractivity contribution in [1.82, 2.24) is 5.32 Å². The molecule has 1 N–H and O–H groups in total. The number of nitrogens with zero attached hydrogens (tertiary/aromatic N) is 1. The molecule has 0 spiro atoms. The summed E-state index contributed by atoms with van der Waals surface area (Å²) in [6.07, 6.45) is -3.75. The number of halogens is 3. The summed E-state index contributed by atoms with van der Waals surface area (Å²) in [5.41, 5.74) is -1.23. The van der Waals surface area contributed by atoms with Gasteiger partial charge in [0, 0.05) is 0 Å². The molecule has 0 radical (unpaired) electrons. The van der Waals surface area contributed by atoms with Gasteiger partial charge < -0.3 is 5.32 Å². The summed E-state index contributed by atoms with van der Waals surface area (Å²) >= 11 is 0. The van der Waals surface area contributed by atoms with Crippen LogP contribution >= 0.6 is 0 Å². The molecule has 1 aliphatic rings. The van der Waals surface area contributed by atoms with Crippen molar-refractivity contribution in [3.63, 3.8) is 0 Å². The van der Waals surface area contributed by atoms with Crippen LogP contribution in [0.1, 0.15) is 19.8 Å². The molecule has 3 nitrogen and oxygen atoms in total. The van der Waals surface area contributed by atoms with Gasteiger partial charge in [-0.3, -0.25) is 4.79 Å². The molecule has 15 heavy (non-hydrogen) atoms. The topological polar surface area (TPSA) is 52.9 Å². The molecule has 0 aliphatic heterocycles. The van der Waals surface area contributed by atoms with Gasteiger partial charge in [0.2, 0.25) is 5.91 Å². The van der Waals surface area contributed by atoms with Gasteiger partial charge >= 0.3 is 6.18 Å². The Bertz CT molecular complexity index is 299. The molecule has 1 saturated carbocycles. The Labute approximate surface area is 85.3 Å². The second-order valence-corrected chi connectivity index (χ2v) is 4.01. The highest BCUT2D eigenvalue weighted by Gasteiger charge is 2.49. The third-order valence-corrected chi connectivity index (χ3v) is 2.49. The number of carbonyl (C=O) groups is 1. The highest BCUT2D eigenvalue weighted by molar-refractivity contribution is 5.86. The van der Waals surface area contributed by atoms with E-state index >= 15 is 0 Å². The number of alkyl halides is 3. The van der Waals surface area contributed by atoms with Gasteiger partial charge in [0.05, 0.1) is 6.07 Å². The van der Waals surface area contributed by atoms with Gasteiger partial charge in [-0.1, -0.05) is 6.92 Å². The molecule has 1 fully saturated rings. The lowest BCUT2D eigenvalue weighted by atomic mass is 9.63. The van der Waals surface area contributed by atoms with Crippen LogP contribution in [0.2, 0.25) is 0 Å². The number of hydrogen-bond donors (Lipinski definition) is 1. The van der Waals surface area contributed by atoms with E-state index in [1.807, 2.05) is 6.92 Å². The fraction of sp³-hybridized carbons (Fsp3) is 0.778. The van der Waals surface area contributed by atoms with Crippen molar-refractivity contribution < 1.29 is 18.0 Å². The molecule has 0 aromatic heterocycles. The molecule has 0 atom stereocenters. The molecule has 0 saturated heterocycles. The summed E-state index contributed by atoms with van der Waals surface area (Å²) in [5, 5.41) is 10.5. The number of amides is 1. The van der Waals surface area contributed by atoms with Gasteiger partial charge in [-0.2, -0.15) is 18.4 Å². The minimum atomic E-state index is -4.43. The maximum Gasteiger partial charge on any atom is 0.405 e. The lowest BCUT2D eigenvalue weighted by Gasteiger charge is -2.39. The lowest BCUT2D eigenvalue weighted by Crippen LogP contribution is -2.50. The van der Waals surface area contributed by atoms with E-state index in [9.17, 15) is 18.0 Å². The molecule has 84 valence electrons. The van der Waals surface area contributed by atoms with E-state index in [1.54, 1.807) is 11.4 Å². The average molecular weight is 220 g/mol. The summed E-state index contributed by atoms with van der Waals surface area (Å²) in [7, 11) is 0. The minimum Gasteiger partial charge on any atom is -0.346 e. The maximum atomic E-state index is 11.8. The number of nitriles is 1. The van der Waals surface area contributed by atoms with Crippen molar-refractivity contribution in [3.05, 3.63) is 0 Å². The molecular weight excluding hydrogens is 209 g/mol. The smallest absolute Gasteiger partial charge is 0.346 e. The van der Waals surface area contributed by atoms with Crippen LogP contribution < -0.4 is 5.32 Å². The molecule has 0 heterocycles. The predicted octanol–water partition coefficient (Wildman–Crippen LogP) is 1.60. The molecule has 0 bridgehead atoms. The van der Waals surface area contributed by atoms with Gasteiger partial charge in [0.25, 0.3) is 0 Å². The van der Waals surface area contributed by atoms with Crippen LogP contribution in [0.25, 0.3) is 0 Å². The molecule has 1 amide bonds. The van der Waals surface area contributed by atoms with Crippen LogP contribution in [0, 0.1) is 22.7 Å². The third-order valence-electron chi connectivity index (χ3n) is 2.49. The standard InChI is InChI=1S/C9H11F3N2O/c1-6-2-8(3-6,4-13)7(15)14-5-9(10,11)12/h6H,2-3,5H2,1H3,(H,14,15). The Balaban J connectivity index is 2.51. The van der Waals surface area contributed by atoms with Crippen LogP contribution in [-0.2, 0) is 4.79 Å². The lowest BCUT2D eigenvalue weighted by molar-refractivity contribution is -0.146. The molecule has 0 aromatic carbocycles. The van der Waals surface area contributed by atoms with Gasteiger partial charge in [-0.05, 0) is 18.8 Å². The van der Waals surface area contributed by atoms with Crippen molar-refractivity contribution in [1.29, 1.82) is 5.26 Å². The Morgan fingerprint density at radius 3 is 2.47 bits per heavy atom. The zero-order chi connectivity index (χ0) is 11.7. The fourth-order valence-electron chi connectivity index (χ4n) is 1.81. The van der Waals surface area contributed by atoms with Crippen molar-refractivity contribution in [2.24, 2.45) is 11.3 Å². The van der Waals surface area contributed by atoms with E-state index in [0.29, 0.717) is 12.8 Å². The van der Waals surface area contributed by atoms with Crippen LogP contribution in [0.5, 0.6) is 0 Å². The number of carbonyl (C=O) groups excluding carboxylic acids is 1. The Morgan fingerprint density at radius 1 is 1.60 bits per heavy atom. The molecule has 6 heteroatoms. The summed E-state index contributed by atoms with van der Waals surface area (Å²) < 4.78 is 35.4. The van der Waals surface area contributed by atoms with E-state index in [2.05, 4.69) is 0 Å². The highest BCUT2D eigenvalue weighted by Crippen LogP contribution is 2.45. The Kier molecular flexibility index (Phi) is 2.93. The largest absolute Gasteiger partial charge is 0.405 e. The van der Waals surface area contributed by atoms with Gasteiger partial charge in [-0.15, -0.1) is 0 Å². The Morgan fingerprint density at radius 2 is 2.13 bits per heavy atom.